The van der Waals surface area contributed by atoms with E-state index in [1.807, 2.05) is 0 Å². The molecule has 20 heavy (non-hydrogen) atoms. The van der Waals surface area contributed by atoms with Crippen LogP contribution >= 0.6 is 0 Å². The first kappa shape index (κ1) is 14.9. The van der Waals surface area contributed by atoms with Gasteiger partial charge in [-0.15, -0.1) is 0 Å². The van der Waals surface area contributed by atoms with E-state index >= 15 is 0 Å². The van der Waals surface area contributed by atoms with E-state index in [1.165, 1.54) is 96.3 Å². The van der Waals surface area contributed by atoms with Gasteiger partial charge in [0.1, 0.15) is 0 Å². The van der Waals surface area contributed by atoms with Gasteiger partial charge in [0.05, 0.1) is 0 Å². The summed E-state index contributed by atoms with van der Waals surface area (Å²) in [5, 5.41) is 4.13. The molecular weight excluding hydrogens is 242 g/mol. The maximum absolute atomic E-state index is 4.13. The predicted octanol–water partition coefficient (Wildman–Crippen LogP) is 5.44. The van der Waals surface area contributed by atoms with Crippen LogP contribution in [0.3, 0.4) is 0 Å². The lowest BCUT2D eigenvalue weighted by Crippen LogP contribution is -2.42. The molecule has 0 aromatic carbocycles. The van der Waals surface area contributed by atoms with E-state index in [1.54, 1.807) is 0 Å². The van der Waals surface area contributed by atoms with Gasteiger partial charge in [-0.2, -0.15) is 0 Å². The molecule has 0 spiro atoms. The molecular formula is C19H35N. The van der Waals surface area contributed by atoms with Crippen molar-refractivity contribution in [2.75, 3.05) is 0 Å². The number of fused-ring (bicyclic) bond motifs is 5. The Morgan fingerprint density at radius 3 is 2.05 bits per heavy atom. The van der Waals surface area contributed by atoms with Gasteiger partial charge in [-0.1, -0.05) is 64.2 Å². The van der Waals surface area contributed by atoms with Crippen molar-refractivity contribution in [1.82, 2.24) is 5.32 Å². The zero-order chi connectivity index (χ0) is 13.6. The first-order valence-corrected chi connectivity index (χ1v) is 9.69. The van der Waals surface area contributed by atoms with E-state index < -0.39 is 0 Å². The fourth-order valence-electron chi connectivity index (χ4n) is 5.21. The van der Waals surface area contributed by atoms with E-state index in [0.29, 0.717) is 0 Å². The minimum atomic E-state index is 0.855. The third kappa shape index (κ3) is 4.00. The summed E-state index contributed by atoms with van der Waals surface area (Å²) in [4.78, 5) is 0. The summed E-state index contributed by atoms with van der Waals surface area (Å²) in [5.41, 5.74) is 0. The third-order valence-corrected chi connectivity index (χ3v) is 6.39. The molecule has 2 aliphatic carbocycles. The van der Waals surface area contributed by atoms with Crippen LogP contribution in [-0.4, -0.2) is 12.1 Å². The Morgan fingerprint density at radius 1 is 0.500 bits per heavy atom. The van der Waals surface area contributed by atoms with E-state index in [-0.39, 0.29) is 0 Å². The topological polar surface area (TPSA) is 12.0 Å². The monoisotopic (exact) mass is 277 g/mol. The molecule has 1 aliphatic heterocycles. The Hall–Kier alpha value is -0.0400. The Bertz CT molecular complexity index is 275. The molecule has 1 heterocycles. The Balaban J connectivity index is 1.72. The van der Waals surface area contributed by atoms with E-state index in [0.717, 1.165) is 23.9 Å². The molecule has 0 radical (unpaired) electrons. The van der Waals surface area contributed by atoms with Crippen LogP contribution < -0.4 is 5.32 Å². The Kier molecular flexibility index (Phi) is 5.82. The first-order chi connectivity index (χ1) is 9.93. The Labute approximate surface area is 126 Å². The first-order valence-electron chi connectivity index (χ1n) is 9.69. The summed E-state index contributed by atoms with van der Waals surface area (Å²) in [7, 11) is 0. The van der Waals surface area contributed by atoms with E-state index in [2.05, 4.69) is 5.32 Å². The smallest absolute Gasteiger partial charge is 0.0101 e. The lowest BCUT2D eigenvalue weighted by molar-refractivity contribution is 0.203. The third-order valence-electron chi connectivity index (χ3n) is 6.39. The molecule has 1 N–H and O–H groups in total. The minimum Gasteiger partial charge on any atom is -0.311 e. The standard InChI is InChI=1S/C19H35N/c1-2-4-9-13-19-18(12-8-3-1)16-10-6-5-7-11-17(20-19)15-14-16/h16-20H,1-15H2. The van der Waals surface area contributed by atoms with E-state index in [4.69, 9.17) is 0 Å². The van der Waals surface area contributed by atoms with Gasteiger partial charge in [0.15, 0.2) is 0 Å². The molecule has 2 saturated carbocycles. The Morgan fingerprint density at radius 2 is 1.15 bits per heavy atom. The van der Waals surface area contributed by atoms with Crippen LogP contribution in [0, 0.1) is 11.8 Å². The average Bonchev–Trinajstić information content (AvgIpc) is 2.55. The van der Waals surface area contributed by atoms with Gasteiger partial charge in [0.25, 0.3) is 0 Å². The molecule has 4 atom stereocenters. The highest BCUT2D eigenvalue weighted by molar-refractivity contribution is 4.90. The maximum atomic E-state index is 4.13. The number of hydrogen-bond donors (Lipinski definition) is 1. The van der Waals surface area contributed by atoms with Crippen molar-refractivity contribution in [3.05, 3.63) is 0 Å². The summed E-state index contributed by atoms with van der Waals surface area (Å²) >= 11 is 0. The summed E-state index contributed by atoms with van der Waals surface area (Å²) in [6, 6.07) is 1.72. The highest BCUT2D eigenvalue weighted by Crippen LogP contribution is 2.38. The van der Waals surface area contributed by atoms with Gasteiger partial charge in [-0.05, 0) is 43.9 Å². The lowest BCUT2D eigenvalue weighted by atomic mass is 9.76. The molecule has 0 aromatic rings. The molecule has 3 aliphatic rings. The van der Waals surface area contributed by atoms with Crippen molar-refractivity contribution in [2.24, 2.45) is 11.8 Å². The normalized spacial score (nSPS) is 40.8. The molecule has 3 fully saturated rings. The van der Waals surface area contributed by atoms with Crippen LogP contribution in [-0.2, 0) is 0 Å². The van der Waals surface area contributed by atoms with E-state index in [9.17, 15) is 0 Å². The van der Waals surface area contributed by atoms with Crippen LogP contribution in [0.2, 0.25) is 0 Å². The SMILES string of the molecule is C1CCCCC2C3CCCCCC(CC3)NC2CCC1. The van der Waals surface area contributed by atoms with Gasteiger partial charge in [0, 0.05) is 12.1 Å². The van der Waals surface area contributed by atoms with Gasteiger partial charge >= 0.3 is 0 Å². The summed E-state index contributed by atoms with van der Waals surface area (Å²) in [6.45, 7) is 0. The second kappa shape index (κ2) is 7.82. The molecule has 2 bridgehead atoms. The molecule has 4 unspecified atom stereocenters. The quantitative estimate of drug-likeness (QED) is 0.622. The van der Waals surface area contributed by atoms with Crippen molar-refractivity contribution in [3.8, 4) is 0 Å². The molecule has 1 saturated heterocycles. The van der Waals surface area contributed by atoms with Gasteiger partial charge in [-0.3, -0.25) is 0 Å². The fraction of sp³-hybridized carbons (Fsp3) is 1.00. The fourth-order valence-corrected chi connectivity index (χ4v) is 5.21. The van der Waals surface area contributed by atoms with Crippen LogP contribution in [0.25, 0.3) is 0 Å². The average molecular weight is 277 g/mol. The molecule has 0 aromatic heterocycles. The minimum absolute atomic E-state index is 0.855. The highest BCUT2D eigenvalue weighted by atomic mass is 15.0. The molecule has 3 rings (SSSR count). The summed E-state index contributed by atoms with van der Waals surface area (Å²) in [5.74, 6) is 2.06. The summed E-state index contributed by atoms with van der Waals surface area (Å²) in [6.07, 6.45) is 22.4. The van der Waals surface area contributed by atoms with Crippen molar-refractivity contribution in [1.29, 1.82) is 0 Å². The number of hydrogen-bond acceptors (Lipinski definition) is 1. The second-order valence-corrected chi connectivity index (χ2v) is 7.81. The van der Waals surface area contributed by atoms with Gasteiger partial charge in [-0.25, -0.2) is 0 Å². The molecule has 0 amide bonds. The predicted molar refractivity (Wildman–Crippen MR) is 86.9 cm³/mol. The summed E-state index contributed by atoms with van der Waals surface area (Å²) < 4.78 is 0. The van der Waals surface area contributed by atoms with Crippen LogP contribution in [0.15, 0.2) is 0 Å². The van der Waals surface area contributed by atoms with Crippen LogP contribution in [0.5, 0.6) is 0 Å². The lowest BCUT2D eigenvalue weighted by Gasteiger charge is -2.34. The number of rotatable bonds is 0. The zero-order valence-corrected chi connectivity index (χ0v) is 13.4. The number of nitrogens with one attached hydrogen (secondary N) is 1. The van der Waals surface area contributed by atoms with Crippen molar-refractivity contribution in [3.63, 3.8) is 0 Å². The van der Waals surface area contributed by atoms with Crippen molar-refractivity contribution >= 4 is 0 Å². The van der Waals surface area contributed by atoms with Crippen molar-refractivity contribution in [2.45, 2.75) is 108 Å². The molecule has 116 valence electrons. The molecule has 1 nitrogen and oxygen atoms in total. The van der Waals surface area contributed by atoms with Crippen molar-refractivity contribution < 1.29 is 0 Å². The molecule has 1 heteroatoms. The maximum Gasteiger partial charge on any atom is 0.0101 e. The van der Waals surface area contributed by atoms with Gasteiger partial charge < -0.3 is 5.32 Å². The van der Waals surface area contributed by atoms with Crippen LogP contribution in [0.1, 0.15) is 96.3 Å². The zero-order valence-electron chi connectivity index (χ0n) is 13.4. The largest absolute Gasteiger partial charge is 0.311 e. The van der Waals surface area contributed by atoms with Gasteiger partial charge in [0.2, 0.25) is 0 Å². The highest BCUT2D eigenvalue weighted by Gasteiger charge is 2.34. The second-order valence-electron chi connectivity index (χ2n) is 7.81. The van der Waals surface area contributed by atoms with Crippen LogP contribution in [0.4, 0.5) is 0 Å².